The maximum atomic E-state index is 5.23. The molecule has 0 amide bonds. The van der Waals surface area contributed by atoms with Crippen molar-refractivity contribution in [1.29, 1.82) is 0 Å². The normalized spacial score (nSPS) is 51.9. The third-order valence-electron chi connectivity index (χ3n) is 17.3. The van der Waals surface area contributed by atoms with Gasteiger partial charge in [0, 0.05) is 0 Å². The Bertz CT molecular complexity index is 996. The molecule has 5 fully saturated rings. The lowest BCUT2D eigenvalue weighted by molar-refractivity contribution is -0.221. The number of rotatable bonds is 7. The average molecular weight is 607 g/mol. The zero-order valence-electron chi connectivity index (χ0n) is 32.1. The van der Waals surface area contributed by atoms with Crippen molar-refractivity contribution < 1.29 is 0 Å². The second kappa shape index (κ2) is 12.6. The standard InChI is InChI=1S/C44H78/c1-15-34-16-18-35(19-17-34)20-28(6)21-36-22-37(26(2)3)38-24-42(12)25-43(13)23-29(7)39(27(4)5)32(10)44(43,14)33(11)41(42)31(9)40(38)30(36)8/h26-30,32-41H,9,15-25H2,1-8,10-14H3. The third-order valence-corrected chi connectivity index (χ3v) is 17.3. The molecule has 0 bridgehead atoms. The van der Waals surface area contributed by atoms with Gasteiger partial charge in [0.25, 0.3) is 0 Å². The quantitative estimate of drug-likeness (QED) is 0.253. The lowest BCUT2D eigenvalue weighted by atomic mass is 9.32. The Kier molecular flexibility index (Phi) is 10.1. The second-order valence-corrected chi connectivity index (χ2v) is 20.3. The topological polar surface area (TPSA) is 0 Å². The molecule has 5 rings (SSSR count). The van der Waals surface area contributed by atoms with E-state index in [2.05, 4.69) is 90.0 Å². The van der Waals surface area contributed by atoms with Gasteiger partial charge in [-0.25, -0.2) is 0 Å². The first-order valence-corrected chi connectivity index (χ1v) is 20.2. The van der Waals surface area contributed by atoms with Crippen LogP contribution in [0.15, 0.2) is 12.2 Å². The molecule has 14 atom stereocenters. The Hall–Kier alpha value is -0.260. The molecule has 0 saturated heterocycles. The van der Waals surface area contributed by atoms with Crippen molar-refractivity contribution >= 4 is 0 Å². The second-order valence-electron chi connectivity index (χ2n) is 20.3. The van der Waals surface area contributed by atoms with Crippen LogP contribution >= 0.6 is 0 Å². The minimum absolute atomic E-state index is 0.383. The molecular formula is C44H78. The van der Waals surface area contributed by atoms with E-state index in [0.717, 1.165) is 76.9 Å². The first-order chi connectivity index (χ1) is 20.5. The van der Waals surface area contributed by atoms with Crippen molar-refractivity contribution in [3.8, 4) is 0 Å². The van der Waals surface area contributed by atoms with E-state index in [1.165, 1.54) is 70.6 Å². The van der Waals surface area contributed by atoms with Crippen molar-refractivity contribution in [2.45, 2.75) is 161 Å². The third kappa shape index (κ3) is 5.65. The summed E-state index contributed by atoms with van der Waals surface area (Å²) >= 11 is 0. The van der Waals surface area contributed by atoms with Crippen LogP contribution < -0.4 is 0 Å². The van der Waals surface area contributed by atoms with E-state index < -0.39 is 0 Å². The van der Waals surface area contributed by atoms with Gasteiger partial charge >= 0.3 is 0 Å². The lowest BCUT2D eigenvalue weighted by Gasteiger charge is -2.72. The molecule has 14 unspecified atom stereocenters. The van der Waals surface area contributed by atoms with Crippen LogP contribution in [0.5, 0.6) is 0 Å². The van der Waals surface area contributed by atoms with Crippen LogP contribution in [0.3, 0.4) is 0 Å². The molecule has 5 aliphatic rings. The summed E-state index contributed by atoms with van der Waals surface area (Å²) in [4.78, 5) is 0. The molecule has 0 N–H and O–H groups in total. The maximum Gasteiger partial charge on any atom is -0.0117 e. The van der Waals surface area contributed by atoms with Crippen LogP contribution in [0.25, 0.3) is 0 Å². The molecule has 0 aromatic rings. The van der Waals surface area contributed by atoms with E-state index in [4.69, 9.17) is 6.58 Å². The average Bonchev–Trinajstić information content (AvgIpc) is 2.92. The van der Waals surface area contributed by atoms with Gasteiger partial charge in [0.1, 0.15) is 0 Å². The highest BCUT2D eigenvalue weighted by atomic mass is 14.7. The summed E-state index contributed by atoms with van der Waals surface area (Å²) in [5, 5.41) is 0. The fourth-order valence-corrected chi connectivity index (χ4v) is 15.3. The lowest BCUT2D eigenvalue weighted by Crippen LogP contribution is -2.66. The molecule has 0 radical (unpaired) electrons. The molecule has 0 aromatic carbocycles. The van der Waals surface area contributed by atoms with Gasteiger partial charge in [-0.3, -0.25) is 0 Å². The zero-order chi connectivity index (χ0) is 32.5. The molecule has 0 heteroatoms. The van der Waals surface area contributed by atoms with Crippen LogP contribution in [0.4, 0.5) is 0 Å². The molecule has 0 aliphatic heterocycles. The SMILES string of the molecule is C=C1C2C(C)C(CC(C)CC3CCC(CC)CC3)CC(C(C)C)C2CC2(C)CC3(C)CC(C)C(C(C)C)C(C)C3(C)C(C)C12. The van der Waals surface area contributed by atoms with Crippen LogP contribution in [-0.4, -0.2) is 0 Å². The predicted octanol–water partition coefficient (Wildman–Crippen LogP) is 13.4. The first kappa shape index (κ1) is 35.1. The van der Waals surface area contributed by atoms with Gasteiger partial charge in [0.2, 0.25) is 0 Å². The summed E-state index contributed by atoms with van der Waals surface area (Å²) in [6, 6.07) is 0. The highest BCUT2D eigenvalue weighted by molar-refractivity contribution is 5.27. The molecule has 0 spiro atoms. The smallest absolute Gasteiger partial charge is 0.0117 e. The van der Waals surface area contributed by atoms with Crippen LogP contribution in [-0.2, 0) is 0 Å². The zero-order valence-corrected chi connectivity index (χ0v) is 32.1. The summed E-state index contributed by atoms with van der Waals surface area (Å²) in [5.74, 6) is 12.4. The largest absolute Gasteiger partial charge is 0.0992 e. The summed E-state index contributed by atoms with van der Waals surface area (Å²) < 4.78 is 0. The van der Waals surface area contributed by atoms with Crippen molar-refractivity contribution in [3.63, 3.8) is 0 Å². The molecular weight excluding hydrogens is 528 g/mol. The number of hydrogen-bond acceptors (Lipinski definition) is 0. The van der Waals surface area contributed by atoms with E-state index in [1.54, 1.807) is 5.57 Å². The van der Waals surface area contributed by atoms with E-state index in [9.17, 15) is 0 Å². The van der Waals surface area contributed by atoms with E-state index >= 15 is 0 Å². The molecule has 0 aromatic heterocycles. The fraction of sp³-hybridized carbons (Fsp3) is 0.955. The molecule has 0 nitrogen and oxygen atoms in total. The predicted molar refractivity (Wildman–Crippen MR) is 193 cm³/mol. The minimum Gasteiger partial charge on any atom is -0.0992 e. The van der Waals surface area contributed by atoms with Crippen molar-refractivity contribution in [1.82, 2.24) is 0 Å². The summed E-state index contributed by atoms with van der Waals surface area (Å²) in [5.41, 5.74) is 2.94. The van der Waals surface area contributed by atoms with Crippen molar-refractivity contribution in [2.24, 2.45) is 105 Å². The Balaban J connectivity index is 1.40. The molecule has 44 heavy (non-hydrogen) atoms. The van der Waals surface area contributed by atoms with Crippen LogP contribution in [0, 0.1) is 105 Å². The van der Waals surface area contributed by atoms with E-state index in [0.29, 0.717) is 28.1 Å². The van der Waals surface area contributed by atoms with Gasteiger partial charge in [0.15, 0.2) is 0 Å². The number of fused-ring (bicyclic) bond motifs is 3. The van der Waals surface area contributed by atoms with Crippen LogP contribution in [0.1, 0.15) is 161 Å². The Morgan fingerprint density at radius 3 is 1.98 bits per heavy atom. The van der Waals surface area contributed by atoms with Gasteiger partial charge in [-0.2, -0.15) is 0 Å². The van der Waals surface area contributed by atoms with Gasteiger partial charge < -0.3 is 0 Å². The fourth-order valence-electron chi connectivity index (χ4n) is 15.3. The van der Waals surface area contributed by atoms with Crippen LogP contribution in [0.2, 0.25) is 0 Å². The van der Waals surface area contributed by atoms with Gasteiger partial charge in [0.05, 0.1) is 0 Å². The van der Waals surface area contributed by atoms with E-state index in [-0.39, 0.29) is 0 Å². The molecule has 254 valence electrons. The molecule has 5 saturated carbocycles. The minimum atomic E-state index is 0.383. The Morgan fingerprint density at radius 2 is 1.41 bits per heavy atom. The van der Waals surface area contributed by atoms with Gasteiger partial charge in [-0.15, -0.1) is 0 Å². The van der Waals surface area contributed by atoms with Crippen molar-refractivity contribution in [2.75, 3.05) is 0 Å². The van der Waals surface area contributed by atoms with Gasteiger partial charge in [-0.1, -0.05) is 134 Å². The maximum absolute atomic E-state index is 5.23. The number of allylic oxidation sites excluding steroid dienone is 1. The number of hydrogen-bond donors (Lipinski definition) is 0. The highest BCUT2D eigenvalue weighted by Crippen LogP contribution is 2.75. The first-order valence-electron chi connectivity index (χ1n) is 20.2. The Labute approximate surface area is 277 Å². The summed E-state index contributed by atoms with van der Waals surface area (Å²) in [6.07, 6.45) is 16.2. The Morgan fingerprint density at radius 1 is 0.795 bits per heavy atom. The highest BCUT2D eigenvalue weighted by Gasteiger charge is 2.68. The van der Waals surface area contributed by atoms with Crippen molar-refractivity contribution in [3.05, 3.63) is 12.2 Å². The molecule has 0 heterocycles. The molecule has 5 aliphatic carbocycles. The summed E-state index contributed by atoms with van der Waals surface area (Å²) in [7, 11) is 0. The van der Waals surface area contributed by atoms with Gasteiger partial charge in [-0.05, 0) is 144 Å². The monoisotopic (exact) mass is 607 g/mol. The van der Waals surface area contributed by atoms with E-state index in [1.807, 2.05) is 0 Å². The summed E-state index contributed by atoms with van der Waals surface area (Å²) in [6.45, 7) is 39.4.